The zero-order valence-corrected chi connectivity index (χ0v) is 10.1. The van der Waals surface area contributed by atoms with Crippen LogP contribution in [0.25, 0.3) is 0 Å². The third-order valence-corrected chi connectivity index (χ3v) is 2.30. The first-order valence-corrected chi connectivity index (χ1v) is 5.32. The molecule has 0 aliphatic rings. The van der Waals surface area contributed by atoms with Gasteiger partial charge in [0.1, 0.15) is 6.42 Å². The molecule has 104 valence electrons. The van der Waals surface area contributed by atoms with Crippen LogP contribution in [0.3, 0.4) is 0 Å². The Bertz CT molecular complexity index is 454. The van der Waals surface area contributed by atoms with Gasteiger partial charge < -0.3 is 10.1 Å². The van der Waals surface area contributed by atoms with Crippen LogP contribution in [0.15, 0.2) is 24.3 Å². The SMILES string of the molecule is COC(=O)CC(=O)NCc1ccc(C(F)(F)F)cc1. The molecule has 0 spiro atoms. The molecule has 0 atom stereocenters. The standard InChI is InChI=1S/C12H12F3NO3/c1-19-11(18)6-10(17)16-7-8-2-4-9(5-3-8)12(13,14)15/h2-5H,6-7H2,1H3,(H,16,17). The molecule has 0 fully saturated rings. The number of methoxy groups -OCH3 is 1. The molecule has 0 saturated carbocycles. The molecule has 0 aliphatic heterocycles. The molecule has 0 unspecified atom stereocenters. The Morgan fingerprint density at radius 3 is 2.26 bits per heavy atom. The van der Waals surface area contributed by atoms with E-state index in [1.165, 1.54) is 12.1 Å². The molecule has 4 nitrogen and oxygen atoms in total. The molecule has 1 amide bonds. The first-order valence-electron chi connectivity index (χ1n) is 5.32. The summed E-state index contributed by atoms with van der Waals surface area (Å²) in [5.41, 5.74) is -0.247. The molecule has 0 heterocycles. The van der Waals surface area contributed by atoms with Crippen LogP contribution in [0.1, 0.15) is 17.5 Å². The zero-order chi connectivity index (χ0) is 14.5. The summed E-state index contributed by atoms with van der Waals surface area (Å²) < 4.78 is 41.2. The molecule has 19 heavy (non-hydrogen) atoms. The minimum Gasteiger partial charge on any atom is -0.469 e. The number of hydrogen-bond acceptors (Lipinski definition) is 3. The smallest absolute Gasteiger partial charge is 0.416 e. The molecule has 1 rings (SSSR count). The van der Waals surface area contributed by atoms with Crippen LogP contribution >= 0.6 is 0 Å². The molecule has 1 aromatic carbocycles. The number of nitrogens with one attached hydrogen (secondary N) is 1. The number of carbonyl (C=O) groups excluding carboxylic acids is 2. The third kappa shape index (κ3) is 4.99. The van der Waals surface area contributed by atoms with Crippen molar-refractivity contribution in [2.45, 2.75) is 19.1 Å². The normalized spacial score (nSPS) is 10.9. The minimum atomic E-state index is -4.38. The maximum absolute atomic E-state index is 12.3. The van der Waals surface area contributed by atoms with E-state index >= 15 is 0 Å². The number of hydrogen-bond donors (Lipinski definition) is 1. The summed E-state index contributed by atoms with van der Waals surface area (Å²) in [5, 5.41) is 2.40. The topological polar surface area (TPSA) is 55.4 Å². The summed E-state index contributed by atoms with van der Waals surface area (Å²) in [5.74, 6) is -1.23. The fourth-order valence-electron chi connectivity index (χ4n) is 1.28. The van der Waals surface area contributed by atoms with Crippen molar-refractivity contribution in [1.82, 2.24) is 5.32 Å². The van der Waals surface area contributed by atoms with Crippen LogP contribution in [0.4, 0.5) is 13.2 Å². The number of amides is 1. The van der Waals surface area contributed by atoms with Crippen molar-refractivity contribution in [2.24, 2.45) is 0 Å². The number of halogens is 3. The molecule has 0 aromatic heterocycles. The van der Waals surface area contributed by atoms with E-state index in [1.54, 1.807) is 0 Å². The van der Waals surface area contributed by atoms with Crippen LogP contribution < -0.4 is 5.32 Å². The van der Waals surface area contributed by atoms with Gasteiger partial charge in [-0.2, -0.15) is 13.2 Å². The highest BCUT2D eigenvalue weighted by atomic mass is 19.4. The fourth-order valence-corrected chi connectivity index (χ4v) is 1.28. The van der Waals surface area contributed by atoms with Crippen molar-refractivity contribution in [3.8, 4) is 0 Å². The van der Waals surface area contributed by atoms with Crippen LogP contribution in [0.2, 0.25) is 0 Å². The van der Waals surface area contributed by atoms with E-state index in [9.17, 15) is 22.8 Å². The lowest BCUT2D eigenvalue weighted by atomic mass is 10.1. The maximum atomic E-state index is 12.3. The van der Waals surface area contributed by atoms with E-state index in [0.717, 1.165) is 19.2 Å². The van der Waals surface area contributed by atoms with Gasteiger partial charge in [-0.05, 0) is 17.7 Å². The lowest BCUT2D eigenvalue weighted by molar-refractivity contribution is -0.144. The van der Waals surface area contributed by atoms with Crippen molar-refractivity contribution >= 4 is 11.9 Å². The van der Waals surface area contributed by atoms with E-state index < -0.39 is 30.0 Å². The minimum absolute atomic E-state index is 0.0496. The molecule has 0 aliphatic carbocycles. The molecule has 1 N–H and O–H groups in total. The van der Waals surface area contributed by atoms with E-state index in [4.69, 9.17) is 0 Å². The summed E-state index contributed by atoms with van der Waals surface area (Å²) in [4.78, 5) is 22.0. The van der Waals surface area contributed by atoms with Crippen LogP contribution in [0, 0.1) is 0 Å². The van der Waals surface area contributed by atoms with Crippen LogP contribution in [-0.2, 0) is 27.0 Å². The van der Waals surface area contributed by atoms with Gasteiger partial charge in [-0.25, -0.2) is 0 Å². The Hall–Kier alpha value is -2.05. The number of ether oxygens (including phenoxy) is 1. The Kier molecular flexibility index (Phi) is 4.91. The predicted molar refractivity (Wildman–Crippen MR) is 59.9 cm³/mol. The van der Waals surface area contributed by atoms with E-state index in [-0.39, 0.29) is 6.54 Å². The second kappa shape index (κ2) is 6.21. The Balaban J connectivity index is 2.51. The highest BCUT2D eigenvalue weighted by Crippen LogP contribution is 2.28. The zero-order valence-electron chi connectivity index (χ0n) is 10.1. The molecule has 1 aromatic rings. The number of benzene rings is 1. The van der Waals surface area contributed by atoms with Crippen molar-refractivity contribution in [3.63, 3.8) is 0 Å². The second-order valence-corrected chi connectivity index (χ2v) is 3.72. The summed E-state index contributed by atoms with van der Waals surface area (Å²) in [7, 11) is 1.16. The lowest BCUT2D eigenvalue weighted by Gasteiger charge is -2.08. The average Bonchev–Trinajstić information content (AvgIpc) is 2.35. The summed E-state index contributed by atoms with van der Waals surface area (Å²) in [6.07, 6.45) is -4.80. The van der Waals surface area contributed by atoms with Crippen LogP contribution in [-0.4, -0.2) is 19.0 Å². The van der Waals surface area contributed by atoms with Gasteiger partial charge in [0.15, 0.2) is 0 Å². The van der Waals surface area contributed by atoms with Crippen LogP contribution in [0.5, 0.6) is 0 Å². The van der Waals surface area contributed by atoms with E-state index in [0.29, 0.717) is 5.56 Å². The molecule has 0 radical (unpaired) electrons. The molecular weight excluding hydrogens is 263 g/mol. The van der Waals surface area contributed by atoms with Crippen molar-refractivity contribution in [3.05, 3.63) is 35.4 Å². The monoisotopic (exact) mass is 275 g/mol. The number of alkyl halides is 3. The summed E-state index contributed by atoms with van der Waals surface area (Å²) in [6, 6.07) is 4.39. The largest absolute Gasteiger partial charge is 0.469 e. The van der Waals surface area contributed by atoms with Crippen molar-refractivity contribution < 1.29 is 27.5 Å². The molecule has 7 heteroatoms. The fraction of sp³-hybridized carbons (Fsp3) is 0.333. The highest BCUT2D eigenvalue weighted by molar-refractivity contribution is 5.94. The van der Waals surface area contributed by atoms with Gasteiger partial charge in [0, 0.05) is 6.54 Å². The predicted octanol–water partition coefficient (Wildman–Crippen LogP) is 1.88. The Labute approximate surface area is 107 Å². The van der Waals surface area contributed by atoms with E-state index in [2.05, 4.69) is 10.1 Å². The summed E-state index contributed by atoms with van der Waals surface area (Å²) >= 11 is 0. The number of rotatable bonds is 4. The van der Waals surface area contributed by atoms with E-state index in [1.807, 2.05) is 0 Å². The van der Waals surface area contributed by atoms with Crippen molar-refractivity contribution in [1.29, 1.82) is 0 Å². The quantitative estimate of drug-likeness (QED) is 0.674. The number of esters is 1. The summed E-state index contributed by atoms with van der Waals surface area (Å²) in [6.45, 7) is 0.0496. The molecule has 0 bridgehead atoms. The molecular formula is C12H12F3NO3. The molecule has 0 saturated heterocycles. The number of carbonyl (C=O) groups is 2. The third-order valence-electron chi connectivity index (χ3n) is 2.30. The van der Waals surface area contributed by atoms with Gasteiger partial charge in [-0.3, -0.25) is 9.59 Å². The maximum Gasteiger partial charge on any atom is 0.416 e. The van der Waals surface area contributed by atoms with Gasteiger partial charge in [0.2, 0.25) is 5.91 Å². The van der Waals surface area contributed by atoms with Gasteiger partial charge in [-0.15, -0.1) is 0 Å². The van der Waals surface area contributed by atoms with Gasteiger partial charge in [0.25, 0.3) is 0 Å². The first-order chi connectivity index (χ1) is 8.82. The second-order valence-electron chi connectivity index (χ2n) is 3.72. The Morgan fingerprint density at radius 1 is 1.21 bits per heavy atom. The highest BCUT2D eigenvalue weighted by Gasteiger charge is 2.29. The van der Waals surface area contributed by atoms with Gasteiger partial charge in [-0.1, -0.05) is 12.1 Å². The first kappa shape index (κ1) is 15.0. The Morgan fingerprint density at radius 2 is 1.79 bits per heavy atom. The van der Waals surface area contributed by atoms with Gasteiger partial charge in [0.05, 0.1) is 12.7 Å². The average molecular weight is 275 g/mol. The van der Waals surface area contributed by atoms with Gasteiger partial charge >= 0.3 is 12.1 Å². The lowest BCUT2D eigenvalue weighted by Crippen LogP contribution is -2.25. The van der Waals surface area contributed by atoms with Crippen molar-refractivity contribution in [2.75, 3.05) is 7.11 Å².